The molecular weight excluding hydrogens is 282 g/mol. The van der Waals surface area contributed by atoms with Crippen LogP contribution in [0.4, 0.5) is 14.5 Å². The third kappa shape index (κ3) is 3.27. The molecule has 0 bridgehead atoms. The summed E-state index contributed by atoms with van der Waals surface area (Å²) in [6, 6.07) is 1.58. The molecule has 1 aliphatic heterocycles. The minimum atomic E-state index is -0.946. The number of nitrogens with zero attached hydrogens (tertiary/aromatic N) is 1. The molecular formula is C13H16F2N4O2. The van der Waals surface area contributed by atoms with E-state index >= 15 is 0 Å². The van der Waals surface area contributed by atoms with Crippen molar-refractivity contribution in [3.63, 3.8) is 0 Å². The van der Waals surface area contributed by atoms with Crippen LogP contribution in [0.1, 0.15) is 23.2 Å². The van der Waals surface area contributed by atoms with E-state index < -0.39 is 23.2 Å². The van der Waals surface area contributed by atoms with Crippen molar-refractivity contribution in [2.45, 2.75) is 18.9 Å². The summed E-state index contributed by atoms with van der Waals surface area (Å²) in [4.78, 5) is 24.9. The number of amides is 2. The van der Waals surface area contributed by atoms with Gasteiger partial charge in [0, 0.05) is 31.6 Å². The Morgan fingerprint density at radius 3 is 2.52 bits per heavy atom. The highest BCUT2D eigenvalue weighted by Crippen LogP contribution is 2.20. The van der Waals surface area contributed by atoms with Gasteiger partial charge in [-0.3, -0.25) is 15.4 Å². The number of nitrogens with one attached hydrogen (secondary N) is 2. The number of anilines is 1. The second-order valence-corrected chi connectivity index (χ2v) is 4.94. The van der Waals surface area contributed by atoms with Gasteiger partial charge in [-0.05, 0) is 18.6 Å². The fourth-order valence-electron chi connectivity index (χ4n) is 2.24. The second-order valence-electron chi connectivity index (χ2n) is 4.94. The Balaban J connectivity index is 2.09. The number of hydrazine groups is 1. The van der Waals surface area contributed by atoms with Gasteiger partial charge in [-0.2, -0.15) is 0 Å². The molecule has 1 atom stereocenters. The van der Waals surface area contributed by atoms with Crippen molar-refractivity contribution in [1.29, 1.82) is 0 Å². The van der Waals surface area contributed by atoms with Crippen molar-refractivity contribution in [3.05, 3.63) is 29.3 Å². The van der Waals surface area contributed by atoms with Crippen LogP contribution < -0.4 is 16.6 Å². The van der Waals surface area contributed by atoms with Crippen molar-refractivity contribution in [2.24, 2.45) is 5.84 Å². The van der Waals surface area contributed by atoms with Gasteiger partial charge in [0.1, 0.15) is 5.69 Å². The largest absolute Gasteiger partial charge is 0.348 e. The molecule has 2 rings (SSSR count). The summed E-state index contributed by atoms with van der Waals surface area (Å²) < 4.78 is 27.1. The molecule has 0 radical (unpaired) electrons. The van der Waals surface area contributed by atoms with Crippen molar-refractivity contribution < 1.29 is 18.4 Å². The molecule has 8 heteroatoms. The van der Waals surface area contributed by atoms with Gasteiger partial charge >= 0.3 is 0 Å². The zero-order valence-corrected chi connectivity index (χ0v) is 11.5. The Hall–Kier alpha value is -2.22. The minimum absolute atomic E-state index is 0.0101. The third-order valence-electron chi connectivity index (χ3n) is 3.41. The Labute approximate surface area is 120 Å². The predicted molar refractivity (Wildman–Crippen MR) is 72.3 cm³/mol. The maximum Gasteiger partial charge on any atom is 0.251 e. The van der Waals surface area contributed by atoms with Crippen LogP contribution in [0.5, 0.6) is 0 Å². The van der Waals surface area contributed by atoms with Crippen LogP contribution in [0.3, 0.4) is 0 Å². The molecule has 2 amide bonds. The van der Waals surface area contributed by atoms with E-state index in [9.17, 15) is 18.4 Å². The average Bonchev–Trinajstić information content (AvgIpc) is 2.42. The fourth-order valence-corrected chi connectivity index (χ4v) is 2.24. The molecule has 1 saturated heterocycles. The first-order valence-electron chi connectivity index (χ1n) is 6.43. The quantitative estimate of drug-likeness (QED) is 0.563. The van der Waals surface area contributed by atoms with Gasteiger partial charge < -0.3 is 15.6 Å². The molecule has 4 N–H and O–H groups in total. The minimum Gasteiger partial charge on any atom is -0.348 e. The smallest absolute Gasteiger partial charge is 0.251 e. The summed E-state index contributed by atoms with van der Waals surface area (Å²) in [6.45, 7) is 0.373. The molecule has 1 fully saturated rings. The number of hydrogen-bond donors (Lipinski definition) is 3. The summed E-state index contributed by atoms with van der Waals surface area (Å²) in [7, 11) is 1.64. The van der Waals surface area contributed by atoms with Crippen LogP contribution in [0.15, 0.2) is 12.1 Å². The molecule has 6 nitrogen and oxygen atoms in total. The highest BCUT2D eigenvalue weighted by molar-refractivity contribution is 5.95. The van der Waals surface area contributed by atoms with E-state index in [0.717, 1.165) is 12.1 Å². The van der Waals surface area contributed by atoms with Gasteiger partial charge in [0.2, 0.25) is 5.91 Å². The van der Waals surface area contributed by atoms with E-state index in [2.05, 4.69) is 5.32 Å². The Morgan fingerprint density at radius 2 is 2.00 bits per heavy atom. The van der Waals surface area contributed by atoms with Crippen molar-refractivity contribution in [1.82, 2.24) is 10.2 Å². The van der Waals surface area contributed by atoms with E-state index in [0.29, 0.717) is 19.4 Å². The number of piperidine rings is 1. The van der Waals surface area contributed by atoms with E-state index in [4.69, 9.17) is 5.84 Å². The predicted octanol–water partition coefficient (Wildman–Crippen LogP) is 0.601. The molecule has 114 valence electrons. The zero-order chi connectivity index (χ0) is 15.6. The normalized spacial score (nSPS) is 18.6. The average molecular weight is 298 g/mol. The number of benzene rings is 1. The molecule has 1 heterocycles. The number of carbonyl (C=O) groups excluding carboxylic acids is 2. The topological polar surface area (TPSA) is 87.5 Å². The van der Waals surface area contributed by atoms with Crippen molar-refractivity contribution >= 4 is 17.5 Å². The molecule has 0 aromatic heterocycles. The number of rotatable bonds is 3. The molecule has 1 aromatic carbocycles. The molecule has 0 spiro atoms. The summed E-state index contributed by atoms with van der Waals surface area (Å²) in [5.41, 5.74) is 1.27. The number of nitrogens with two attached hydrogens (primary N) is 1. The third-order valence-corrected chi connectivity index (χ3v) is 3.41. The number of likely N-dealkylation sites (tertiary alicyclic amines) is 1. The summed E-state index contributed by atoms with van der Waals surface area (Å²) >= 11 is 0. The lowest BCUT2D eigenvalue weighted by atomic mass is 10.0. The number of halogens is 2. The van der Waals surface area contributed by atoms with Gasteiger partial charge in [-0.1, -0.05) is 0 Å². The lowest BCUT2D eigenvalue weighted by Crippen LogP contribution is -2.48. The monoisotopic (exact) mass is 298 g/mol. The maximum absolute atomic E-state index is 13.5. The number of likely N-dealkylation sites (N-methyl/N-ethyl adjacent to an activating group) is 1. The molecule has 1 aromatic rings. The van der Waals surface area contributed by atoms with E-state index in [1.165, 1.54) is 4.90 Å². The summed E-state index contributed by atoms with van der Waals surface area (Å²) in [6.07, 6.45) is 0.836. The maximum atomic E-state index is 13.5. The zero-order valence-electron chi connectivity index (χ0n) is 11.5. The molecule has 0 saturated carbocycles. The highest BCUT2D eigenvalue weighted by Gasteiger charge is 2.25. The first-order valence-corrected chi connectivity index (χ1v) is 6.43. The second kappa shape index (κ2) is 6.04. The first-order chi connectivity index (χ1) is 9.92. The van der Waals surface area contributed by atoms with Crippen LogP contribution >= 0.6 is 0 Å². The van der Waals surface area contributed by atoms with Crippen LogP contribution in [0, 0.1) is 11.6 Å². The van der Waals surface area contributed by atoms with Crippen molar-refractivity contribution in [3.8, 4) is 0 Å². The van der Waals surface area contributed by atoms with Crippen LogP contribution in [0.25, 0.3) is 0 Å². The number of hydrogen-bond acceptors (Lipinski definition) is 4. The number of nitrogen functional groups attached to an aromatic ring is 1. The van der Waals surface area contributed by atoms with E-state index in [-0.39, 0.29) is 17.5 Å². The Morgan fingerprint density at radius 1 is 1.38 bits per heavy atom. The molecule has 1 unspecified atom stereocenters. The highest BCUT2D eigenvalue weighted by atomic mass is 19.1. The van der Waals surface area contributed by atoms with Crippen molar-refractivity contribution in [2.75, 3.05) is 19.0 Å². The molecule has 1 aliphatic rings. The summed E-state index contributed by atoms with van der Waals surface area (Å²) in [5, 5.41) is 2.66. The van der Waals surface area contributed by atoms with Gasteiger partial charge in [0.25, 0.3) is 5.91 Å². The first kappa shape index (κ1) is 15.2. The fraction of sp³-hybridized carbons (Fsp3) is 0.385. The lowest BCUT2D eigenvalue weighted by Gasteiger charge is -2.30. The van der Waals surface area contributed by atoms with E-state index in [1.807, 2.05) is 5.43 Å². The van der Waals surface area contributed by atoms with E-state index in [1.54, 1.807) is 7.05 Å². The Bertz CT molecular complexity index is 556. The summed E-state index contributed by atoms with van der Waals surface area (Å²) in [5.74, 6) is 2.51. The number of carbonyl (C=O) groups is 2. The van der Waals surface area contributed by atoms with Gasteiger partial charge in [0.05, 0.1) is 0 Å². The lowest BCUT2D eigenvalue weighted by molar-refractivity contribution is -0.132. The van der Waals surface area contributed by atoms with Gasteiger partial charge in [-0.15, -0.1) is 0 Å². The standard InChI is InChI=1S/C13H16F2N4O2/c1-19-6-8(2-3-11(19)20)17-13(21)7-4-9(14)12(18-16)10(15)5-7/h4-5,8,18H,2-3,6,16H2,1H3,(H,17,21). The van der Waals surface area contributed by atoms with Crippen LogP contribution in [0.2, 0.25) is 0 Å². The van der Waals surface area contributed by atoms with Gasteiger partial charge in [-0.25, -0.2) is 8.78 Å². The molecule has 0 aliphatic carbocycles. The van der Waals surface area contributed by atoms with Crippen LogP contribution in [-0.4, -0.2) is 36.3 Å². The Kier molecular flexibility index (Phi) is 4.37. The van der Waals surface area contributed by atoms with Crippen LogP contribution in [-0.2, 0) is 4.79 Å². The molecule has 21 heavy (non-hydrogen) atoms. The van der Waals surface area contributed by atoms with Gasteiger partial charge in [0.15, 0.2) is 11.6 Å². The SMILES string of the molecule is CN1CC(NC(=O)c2cc(F)c(NN)c(F)c2)CCC1=O.